The lowest BCUT2D eigenvalue weighted by atomic mass is 10.0. The van der Waals surface area contributed by atoms with Crippen molar-refractivity contribution >= 4 is 44.1 Å². The number of ether oxygens (including phenoxy) is 1. The average molecular weight is 507 g/mol. The number of rotatable bonds is 9. The highest BCUT2D eigenvalue weighted by molar-refractivity contribution is 7.90. The van der Waals surface area contributed by atoms with Crippen molar-refractivity contribution in [3.8, 4) is 0 Å². The average Bonchev–Trinajstić information content (AvgIpc) is 2.94. The van der Waals surface area contributed by atoms with Crippen LogP contribution >= 0.6 is 11.3 Å². The quantitative estimate of drug-likeness (QED) is 0.491. The van der Waals surface area contributed by atoms with Gasteiger partial charge >= 0.3 is 6.09 Å². The van der Waals surface area contributed by atoms with Crippen molar-refractivity contribution in [3.05, 3.63) is 51.9 Å². The van der Waals surface area contributed by atoms with Gasteiger partial charge in [0.05, 0.1) is 23.7 Å². The van der Waals surface area contributed by atoms with Gasteiger partial charge in [-0.25, -0.2) is 13.2 Å². The normalized spacial score (nSPS) is 13.4. The predicted octanol–water partition coefficient (Wildman–Crippen LogP) is 4.24. The molecule has 184 valence electrons. The first-order chi connectivity index (χ1) is 16.3. The zero-order valence-corrected chi connectivity index (χ0v) is 20.9. The Morgan fingerprint density at radius 3 is 2.53 bits per heavy atom. The molecule has 1 heterocycles. The van der Waals surface area contributed by atoms with Crippen molar-refractivity contribution in [2.45, 2.75) is 57.6 Å². The largest absolute Gasteiger partial charge is 0.450 e. The fourth-order valence-electron chi connectivity index (χ4n) is 3.94. The highest BCUT2D eigenvalue weighted by atomic mass is 32.2. The van der Waals surface area contributed by atoms with Crippen LogP contribution in [0.4, 0.5) is 9.80 Å². The molecule has 1 aromatic heterocycles. The number of carbonyl (C=O) groups excluding carboxylic acids is 3. The minimum Gasteiger partial charge on any atom is -0.450 e. The Balaban J connectivity index is 1.65. The number of benzene rings is 1. The summed E-state index contributed by atoms with van der Waals surface area (Å²) in [6.45, 7) is 1.78. The van der Waals surface area contributed by atoms with Crippen molar-refractivity contribution in [1.29, 1.82) is 0 Å². The molecule has 0 spiro atoms. The molecular weight excluding hydrogens is 476 g/mol. The van der Waals surface area contributed by atoms with E-state index in [0.29, 0.717) is 22.5 Å². The highest BCUT2D eigenvalue weighted by Gasteiger charge is 2.27. The second kappa shape index (κ2) is 12.1. The van der Waals surface area contributed by atoms with Gasteiger partial charge in [-0.1, -0.05) is 36.8 Å². The fourth-order valence-corrected chi connectivity index (χ4v) is 6.67. The molecule has 0 saturated heterocycles. The van der Waals surface area contributed by atoms with Crippen LogP contribution in [0.1, 0.15) is 65.4 Å². The third kappa shape index (κ3) is 7.39. The van der Waals surface area contributed by atoms with Crippen LogP contribution < -0.4 is 10.6 Å². The van der Waals surface area contributed by atoms with E-state index in [4.69, 9.17) is 4.74 Å². The maximum Gasteiger partial charge on any atom is 0.414 e. The molecule has 2 N–H and O–H groups in total. The number of hydrogen-bond acceptors (Lipinski definition) is 7. The lowest BCUT2D eigenvalue weighted by Crippen LogP contribution is -2.32. The van der Waals surface area contributed by atoms with E-state index < -0.39 is 21.8 Å². The molecule has 8 nitrogen and oxygen atoms in total. The number of aryl methyl sites for hydroxylation is 1. The monoisotopic (exact) mass is 506 g/mol. The van der Waals surface area contributed by atoms with Gasteiger partial charge in [-0.2, -0.15) is 0 Å². The molecular formula is C24H30N2O6S2. The molecule has 0 unspecified atom stereocenters. The van der Waals surface area contributed by atoms with Gasteiger partial charge in [0.2, 0.25) is 5.91 Å². The van der Waals surface area contributed by atoms with E-state index in [9.17, 15) is 22.8 Å². The standard InChI is InChI=1S/C24H30N2O6S2/c1-2-32-24(29)26-22(28)21-18-12-7-4-8-13-19(18)33-23(21)25-20(27)14-9-15-34(30,31)16-17-10-5-3-6-11-17/h3,5-6,10-11H,2,4,7-9,12-16H2,1H3,(H,25,27)(H,26,28,29). The van der Waals surface area contributed by atoms with Gasteiger partial charge in [-0.3, -0.25) is 14.9 Å². The molecule has 1 aromatic carbocycles. The van der Waals surface area contributed by atoms with Gasteiger partial charge in [-0.15, -0.1) is 11.3 Å². The Morgan fingerprint density at radius 2 is 1.79 bits per heavy atom. The zero-order valence-electron chi connectivity index (χ0n) is 19.2. The highest BCUT2D eigenvalue weighted by Crippen LogP contribution is 2.37. The summed E-state index contributed by atoms with van der Waals surface area (Å²) in [5.74, 6) is -1.13. The Bertz CT molecular complexity index is 1130. The predicted molar refractivity (Wildman–Crippen MR) is 132 cm³/mol. The third-order valence-electron chi connectivity index (χ3n) is 5.48. The van der Waals surface area contributed by atoms with Crippen LogP contribution in [0.3, 0.4) is 0 Å². The minimum absolute atomic E-state index is 0.00945. The molecule has 0 radical (unpaired) electrons. The van der Waals surface area contributed by atoms with Gasteiger partial charge in [0, 0.05) is 11.3 Å². The first kappa shape index (κ1) is 25.9. The van der Waals surface area contributed by atoms with Crippen molar-refractivity contribution in [3.63, 3.8) is 0 Å². The topological polar surface area (TPSA) is 119 Å². The zero-order chi connectivity index (χ0) is 24.6. The van der Waals surface area contributed by atoms with E-state index in [1.165, 1.54) is 11.3 Å². The Kier molecular flexibility index (Phi) is 9.23. The summed E-state index contributed by atoms with van der Waals surface area (Å²) in [6, 6.07) is 8.92. The van der Waals surface area contributed by atoms with E-state index in [1.807, 2.05) is 6.07 Å². The number of fused-ring (bicyclic) bond motifs is 1. The third-order valence-corrected chi connectivity index (χ3v) is 8.37. The van der Waals surface area contributed by atoms with E-state index in [-0.39, 0.29) is 36.9 Å². The summed E-state index contributed by atoms with van der Waals surface area (Å²) in [4.78, 5) is 38.3. The lowest BCUT2D eigenvalue weighted by molar-refractivity contribution is -0.116. The van der Waals surface area contributed by atoms with Gasteiger partial charge < -0.3 is 10.1 Å². The van der Waals surface area contributed by atoms with Gasteiger partial charge in [0.1, 0.15) is 5.00 Å². The van der Waals surface area contributed by atoms with Gasteiger partial charge in [-0.05, 0) is 50.2 Å². The molecule has 34 heavy (non-hydrogen) atoms. The van der Waals surface area contributed by atoms with Crippen LogP contribution in [0.2, 0.25) is 0 Å². The number of amides is 3. The van der Waals surface area contributed by atoms with Crippen molar-refractivity contribution in [1.82, 2.24) is 5.32 Å². The molecule has 0 fully saturated rings. The number of anilines is 1. The SMILES string of the molecule is CCOC(=O)NC(=O)c1c(NC(=O)CCCS(=O)(=O)Cc2ccccc2)sc2c1CCCCC2. The summed E-state index contributed by atoms with van der Waals surface area (Å²) in [7, 11) is -3.34. The molecule has 3 rings (SSSR count). The summed E-state index contributed by atoms with van der Waals surface area (Å²) in [5.41, 5.74) is 1.88. The van der Waals surface area contributed by atoms with Crippen molar-refractivity contribution in [2.24, 2.45) is 0 Å². The first-order valence-electron chi connectivity index (χ1n) is 11.5. The molecule has 10 heteroatoms. The summed E-state index contributed by atoms with van der Waals surface area (Å²) >= 11 is 1.35. The summed E-state index contributed by atoms with van der Waals surface area (Å²) in [6.07, 6.45) is 3.85. The lowest BCUT2D eigenvalue weighted by Gasteiger charge is -2.10. The van der Waals surface area contributed by atoms with Crippen LogP contribution in [0.5, 0.6) is 0 Å². The van der Waals surface area contributed by atoms with E-state index >= 15 is 0 Å². The van der Waals surface area contributed by atoms with Crippen LogP contribution in [0, 0.1) is 0 Å². The second-order valence-corrected chi connectivity index (χ2v) is 11.5. The Labute approximate surface area is 204 Å². The number of imide groups is 1. The Morgan fingerprint density at radius 1 is 1.06 bits per heavy atom. The minimum atomic E-state index is -3.34. The Hall–Kier alpha value is -2.72. The molecule has 0 atom stereocenters. The number of thiophene rings is 1. The van der Waals surface area contributed by atoms with Gasteiger partial charge in [0.25, 0.3) is 5.91 Å². The molecule has 0 saturated carbocycles. The summed E-state index contributed by atoms with van der Waals surface area (Å²) in [5, 5.41) is 5.41. The van der Waals surface area contributed by atoms with Gasteiger partial charge in [0.15, 0.2) is 9.84 Å². The van der Waals surface area contributed by atoms with Crippen LogP contribution in [0.15, 0.2) is 30.3 Å². The smallest absolute Gasteiger partial charge is 0.414 e. The van der Waals surface area contributed by atoms with E-state index in [1.54, 1.807) is 31.2 Å². The molecule has 1 aliphatic rings. The maximum absolute atomic E-state index is 12.9. The molecule has 3 amide bonds. The number of sulfone groups is 1. The number of nitrogens with one attached hydrogen (secondary N) is 2. The number of hydrogen-bond donors (Lipinski definition) is 2. The number of carbonyl (C=O) groups is 3. The second-order valence-electron chi connectivity index (χ2n) is 8.17. The molecule has 0 bridgehead atoms. The van der Waals surface area contributed by atoms with Crippen LogP contribution in [-0.4, -0.2) is 38.7 Å². The molecule has 1 aliphatic carbocycles. The molecule has 2 aromatic rings. The first-order valence-corrected chi connectivity index (χ1v) is 14.1. The number of alkyl carbamates (subject to hydrolysis) is 1. The van der Waals surface area contributed by atoms with Crippen molar-refractivity contribution in [2.75, 3.05) is 17.7 Å². The van der Waals surface area contributed by atoms with E-state index in [2.05, 4.69) is 10.6 Å². The fraction of sp³-hybridized carbons (Fsp3) is 0.458. The van der Waals surface area contributed by atoms with Crippen LogP contribution in [-0.2, 0) is 38.0 Å². The molecule has 0 aliphatic heterocycles. The summed E-state index contributed by atoms with van der Waals surface area (Å²) < 4.78 is 29.6. The van der Waals surface area contributed by atoms with E-state index in [0.717, 1.165) is 36.1 Å². The van der Waals surface area contributed by atoms with Crippen LogP contribution in [0.25, 0.3) is 0 Å². The van der Waals surface area contributed by atoms with Crippen molar-refractivity contribution < 1.29 is 27.5 Å². The maximum atomic E-state index is 12.9.